The van der Waals surface area contributed by atoms with Gasteiger partial charge in [0.25, 0.3) is 0 Å². The van der Waals surface area contributed by atoms with E-state index < -0.39 is 0 Å². The van der Waals surface area contributed by atoms with E-state index in [1.807, 2.05) is 30.3 Å². The molecule has 3 nitrogen and oxygen atoms in total. The van der Waals surface area contributed by atoms with Gasteiger partial charge in [0.05, 0.1) is 0 Å². The van der Waals surface area contributed by atoms with Crippen LogP contribution in [0, 0.1) is 0 Å². The molecule has 236 valence electrons. The molecule has 0 fully saturated rings. The highest BCUT2D eigenvalue weighted by Crippen LogP contribution is 2.40. The van der Waals surface area contributed by atoms with Crippen LogP contribution < -0.4 is 4.90 Å². The molecule has 0 saturated carbocycles. The second-order valence-electron chi connectivity index (χ2n) is 12.4. The predicted octanol–water partition coefficient (Wildman–Crippen LogP) is 13.1. The van der Waals surface area contributed by atoms with Crippen LogP contribution in [0.4, 0.5) is 17.1 Å². The van der Waals surface area contributed by atoms with Crippen molar-refractivity contribution in [1.82, 2.24) is 4.98 Å². The summed E-state index contributed by atoms with van der Waals surface area (Å²) in [6, 6.07) is 68.2. The third-order valence-corrected chi connectivity index (χ3v) is 9.31. The van der Waals surface area contributed by atoms with Crippen molar-refractivity contribution >= 4 is 38.9 Å². The van der Waals surface area contributed by atoms with Crippen molar-refractivity contribution < 1.29 is 4.42 Å². The van der Waals surface area contributed by atoms with Gasteiger partial charge >= 0.3 is 0 Å². The van der Waals surface area contributed by atoms with Gasteiger partial charge in [-0.2, -0.15) is 0 Å². The first-order valence-electron chi connectivity index (χ1n) is 16.9. The summed E-state index contributed by atoms with van der Waals surface area (Å²) in [5.41, 5.74) is 13.0. The maximum absolute atomic E-state index is 6.37. The van der Waals surface area contributed by atoms with Gasteiger partial charge in [0.1, 0.15) is 5.52 Å². The van der Waals surface area contributed by atoms with E-state index in [0.717, 1.165) is 55.6 Å². The quantitative estimate of drug-likeness (QED) is 0.174. The van der Waals surface area contributed by atoms with E-state index in [1.165, 1.54) is 22.3 Å². The number of rotatable bonds is 7. The summed E-state index contributed by atoms with van der Waals surface area (Å²) < 4.78 is 6.37. The molecule has 9 rings (SSSR count). The molecule has 0 radical (unpaired) electrons. The van der Waals surface area contributed by atoms with Gasteiger partial charge in [-0.25, -0.2) is 4.98 Å². The first-order valence-corrected chi connectivity index (χ1v) is 16.9. The highest BCUT2D eigenvalue weighted by Gasteiger charge is 2.16. The Hall–Kier alpha value is -6.71. The number of anilines is 3. The molecule has 0 unspecified atom stereocenters. The molecule has 0 spiro atoms. The van der Waals surface area contributed by atoms with E-state index in [0.29, 0.717) is 5.89 Å². The van der Waals surface area contributed by atoms with Gasteiger partial charge in [0.2, 0.25) is 5.89 Å². The van der Waals surface area contributed by atoms with Crippen LogP contribution in [0.25, 0.3) is 66.7 Å². The van der Waals surface area contributed by atoms with Gasteiger partial charge in [0.15, 0.2) is 5.58 Å². The Labute approximate surface area is 291 Å². The lowest BCUT2D eigenvalue weighted by molar-refractivity contribution is 0.623. The lowest BCUT2D eigenvalue weighted by atomic mass is 9.97. The van der Waals surface area contributed by atoms with Crippen LogP contribution >= 0.6 is 0 Å². The Morgan fingerprint density at radius 3 is 1.56 bits per heavy atom. The molecule has 0 atom stereocenters. The van der Waals surface area contributed by atoms with E-state index in [2.05, 4.69) is 169 Å². The fraction of sp³-hybridized carbons (Fsp3) is 0. The molecule has 0 N–H and O–H groups in total. The van der Waals surface area contributed by atoms with E-state index >= 15 is 0 Å². The smallest absolute Gasteiger partial charge is 0.227 e. The third-order valence-electron chi connectivity index (χ3n) is 9.31. The first-order chi connectivity index (χ1) is 24.8. The Bertz CT molecular complexity index is 2560. The number of hydrogen-bond acceptors (Lipinski definition) is 3. The highest BCUT2D eigenvalue weighted by atomic mass is 16.3. The Morgan fingerprint density at radius 1 is 0.360 bits per heavy atom. The van der Waals surface area contributed by atoms with Crippen LogP contribution in [0.5, 0.6) is 0 Å². The summed E-state index contributed by atoms with van der Waals surface area (Å²) in [4.78, 5) is 7.13. The number of aromatic nitrogens is 1. The maximum Gasteiger partial charge on any atom is 0.227 e. The summed E-state index contributed by atoms with van der Waals surface area (Å²) in [6.07, 6.45) is 0. The molecule has 8 aromatic carbocycles. The second kappa shape index (κ2) is 12.7. The number of nitrogens with zero attached hydrogens (tertiary/aromatic N) is 2. The normalized spacial score (nSPS) is 11.2. The molecule has 1 aromatic heterocycles. The van der Waals surface area contributed by atoms with Gasteiger partial charge in [-0.3, -0.25) is 0 Å². The van der Waals surface area contributed by atoms with Gasteiger partial charge in [0, 0.05) is 28.0 Å². The maximum atomic E-state index is 6.37. The van der Waals surface area contributed by atoms with Crippen LogP contribution in [0.15, 0.2) is 199 Å². The van der Waals surface area contributed by atoms with Gasteiger partial charge < -0.3 is 9.32 Å². The minimum Gasteiger partial charge on any atom is -0.435 e. The van der Waals surface area contributed by atoms with Crippen molar-refractivity contribution in [1.29, 1.82) is 0 Å². The molecule has 0 bridgehead atoms. The molecule has 50 heavy (non-hydrogen) atoms. The molecule has 0 aliphatic carbocycles. The van der Waals surface area contributed by atoms with E-state index in [1.54, 1.807) is 0 Å². The fourth-order valence-electron chi connectivity index (χ4n) is 6.82. The van der Waals surface area contributed by atoms with Crippen LogP contribution in [0.3, 0.4) is 0 Å². The summed E-state index contributed by atoms with van der Waals surface area (Å²) in [6.45, 7) is 0. The topological polar surface area (TPSA) is 29.3 Å². The van der Waals surface area contributed by atoms with Gasteiger partial charge in [-0.1, -0.05) is 140 Å². The van der Waals surface area contributed by atoms with Gasteiger partial charge in [-0.05, 0) is 93.4 Å². The predicted molar refractivity (Wildman–Crippen MR) is 208 cm³/mol. The SMILES string of the molecule is c1ccc(-c2ccc(N(c3ccc(-c4cccc5c4ccc4nc(-c6ccccc6)oc45)cc3)c3cccc(-c4ccccc4)c3)cc2)cc1. The van der Waals surface area contributed by atoms with Crippen LogP contribution in [0.2, 0.25) is 0 Å². The van der Waals surface area contributed by atoms with E-state index in [9.17, 15) is 0 Å². The van der Waals surface area contributed by atoms with Crippen molar-refractivity contribution in [3.63, 3.8) is 0 Å². The van der Waals surface area contributed by atoms with Crippen molar-refractivity contribution in [2.45, 2.75) is 0 Å². The van der Waals surface area contributed by atoms with E-state index in [4.69, 9.17) is 9.40 Å². The van der Waals surface area contributed by atoms with Crippen molar-refractivity contribution in [2.75, 3.05) is 4.90 Å². The minimum absolute atomic E-state index is 0.635. The second-order valence-corrected chi connectivity index (χ2v) is 12.4. The van der Waals surface area contributed by atoms with E-state index in [-0.39, 0.29) is 0 Å². The molecule has 0 saturated heterocycles. The van der Waals surface area contributed by atoms with Crippen molar-refractivity contribution in [2.24, 2.45) is 0 Å². The molecular formula is C47H32N2O. The summed E-state index contributed by atoms with van der Waals surface area (Å²) in [5, 5.41) is 2.18. The molecule has 3 heteroatoms. The van der Waals surface area contributed by atoms with Crippen molar-refractivity contribution in [3.8, 4) is 44.8 Å². The molecule has 0 aliphatic rings. The average molecular weight is 641 g/mol. The first kappa shape index (κ1) is 29.4. The van der Waals surface area contributed by atoms with Gasteiger partial charge in [-0.15, -0.1) is 0 Å². The Balaban J connectivity index is 1.12. The van der Waals surface area contributed by atoms with Crippen LogP contribution in [0.1, 0.15) is 0 Å². The monoisotopic (exact) mass is 640 g/mol. The lowest BCUT2D eigenvalue weighted by Crippen LogP contribution is -2.10. The Kier molecular flexibility index (Phi) is 7.49. The minimum atomic E-state index is 0.635. The summed E-state index contributed by atoms with van der Waals surface area (Å²) in [5.74, 6) is 0.635. The molecular weight excluding hydrogens is 609 g/mol. The number of oxazole rings is 1. The largest absolute Gasteiger partial charge is 0.435 e. The molecule has 0 amide bonds. The van der Waals surface area contributed by atoms with Crippen molar-refractivity contribution in [3.05, 3.63) is 194 Å². The lowest BCUT2D eigenvalue weighted by Gasteiger charge is -2.26. The number of benzene rings is 8. The molecule has 9 aromatic rings. The highest BCUT2D eigenvalue weighted by molar-refractivity contribution is 6.09. The fourth-order valence-corrected chi connectivity index (χ4v) is 6.82. The molecule has 1 heterocycles. The summed E-state index contributed by atoms with van der Waals surface area (Å²) in [7, 11) is 0. The number of fused-ring (bicyclic) bond motifs is 3. The zero-order valence-electron chi connectivity index (χ0n) is 27.3. The zero-order valence-corrected chi connectivity index (χ0v) is 27.3. The zero-order chi connectivity index (χ0) is 33.3. The summed E-state index contributed by atoms with van der Waals surface area (Å²) >= 11 is 0. The number of hydrogen-bond donors (Lipinski definition) is 0. The Morgan fingerprint density at radius 2 is 0.900 bits per heavy atom. The van der Waals surface area contributed by atoms with Crippen LogP contribution in [-0.2, 0) is 0 Å². The van der Waals surface area contributed by atoms with Crippen LogP contribution in [-0.4, -0.2) is 4.98 Å². The standard InChI is InChI=1S/C47H32N2O/c1-4-12-33(13-5-1)35-22-26-39(27-23-35)49(41-19-10-18-38(32-41)34-14-6-2-7-15-34)40-28-24-36(25-29-40)42-20-11-21-44-43(42)30-31-45-46(44)50-47(48-45)37-16-8-3-9-17-37/h1-32H. The molecule has 0 aliphatic heterocycles. The average Bonchev–Trinajstić information content (AvgIpc) is 3.65. The third kappa shape index (κ3) is 5.51.